The summed E-state index contributed by atoms with van der Waals surface area (Å²) in [6, 6.07) is 7.68. The molecular formula is C14H17N3O3S. The van der Waals surface area contributed by atoms with Gasteiger partial charge in [0.1, 0.15) is 5.82 Å². The van der Waals surface area contributed by atoms with Crippen molar-refractivity contribution in [1.82, 2.24) is 15.2 Å². The molecule has 0 saturated carbocycles. The summed E-state index contributed by atoms with van der Waals surface area (Å²) in [5.41, 5.74) is 1.65. The van der Waals surface area contributed by atoms with Gasteiger partial charge < -0.3 is 0 Å². The highest BCUT2D eigenvalue weighted by Gasteiger charge is 2.33. The Hall–Kier alpha value is -1.89. The van der Waals surface area contributed by atoms with Gasteiger partial charge in [-0.2, -0.15) is 5.10 Å². The van der Waals surface area contributed by atoms with Crippen molar-refractivity contribution >= 4 is 9.84 Å². The van der Waals surface area contributed by atoms with Crippen LogP contribution in [0.1, 0.15) is 28.6 Å². The van der Waals surface area contributed by atoms with Crippen LogP contribution in [0.2, 0.25) is 0 Å². The highest BCUT2D eigenvalue weighted by Crippen LogP contribution is 2.38. The summed E-state index contributed by atoms with van der Waals surface area (Å²) in [5, 5.41) is 5.78. The molecule has 3 rings (SSSR count). The maximum Gasteiger partial charge on any atom is 0.340 e. The van der Waals surface area contributed by atoms with Crippen LogP contribution in [0.15, 0.2) is 29.1 Å². The molecule has 7 heteroatoms. The van der Waals surface area contributed by atoms with E-state index in [0.717, 1.165) is 17.5 Å². The number of aromatic amines is 2. The molecule has 6 nitrogen and oxygen atoms in total. The van der Waals surface area contributed by atoms with Gasteiger partial charge >= 0.3 is 5.69 Å². The molecule has 1 aromatic heterocycles. The third-order valence-electron chi connectivity index (χ3n) is 4.01. The molecular weight excluding hydrogens is 290 g/mol. The number of benzene rings is 1. The topological polar surface area (TPSA) is 95.7 Å². The van der Waals surface area contributed by atoms with E-state index in [2.05, 4.69) is 15.2 Å². The Bertz CT molecular complexity index is 807. The van der Waals surface area contributed by atoms with Crippen molar-refractivity contribution in [1.29, 1.82) is 0 Å². The molecule has 0 radical (unpaired) electrons. The maximum atomic E-state index is 12.1. The van der Waals surface area contributed by atoms with Crippen LogP contribution >= 0.6 is 0 Å². The van der Waals surface area contributed by atoms with E-state index in [4.69, 9.17) is 0 Å². The fourth-order valence-corrected chi connectivity index (χ4v) is 4.41. The van der Waals surface area contributed by atoms with E-state index in [1.807, 2.05) is 24.3 Å². The van der Waals surface area contributed by atoms with E-state index in [0.29, 0.717) is 18.7 Å². The van der Waals surface area contributed by atoms with E-state index in [1.54, 1.807) is 0 Å². The number of rotatable bonds is 3. The number of nitrogens with one attached hydrogen (secondary N) is 2. The molecule has 0 fully saturated rings. The van der Waals surface area contributed by atoms with Crippen LogP contribution in [0.4, 0.5) is 0 Å². The largest absolute Gasteiger partial charge is 0.340 e. The standard InChI is InChI=1S/C14H17N3O3S/c1-21(19,20)12-7-9(8-13-15-14(18)17-16-13)6-10-4-2-3-5-11(10)12/h2-5,9,12H,6-8H2,1H3,(H2,15,16,17,18)/t9-,12?/m1/s1. The van der Waals surface area contributed by atoms with Crippen LogP contribution in [0.25, 0.3) is 0 Å². The SMILES string of the molecule is CS(=O)(=O)C1C[C@H](Cc2n[nH]c(=O)[nH]2)Cc2ccccc21. The van der Waals surface area contributed by atoms with Crippen LogP contribution in [0.5, 0.6) is 0 Å². The Morgan fingerprint density at radius 2 is 2.10 bits per heavy atom. The molecule has 1 aliphatic carbocycles. The quantitative estimate of drug-likeness (QED) is 0.884. The molecule has 1 unspecified atom stereocenters. The summed E-state index contributed by atoms with van der Waals surface area (Å²) in [4.78, 5) is 13.7. The number of aromatic nitrogens is 3. The van der Waals surface area contributed by atoms with Crippen molar-refractivity contribution in [3.63, 3.8) is 0 Å². The Morgan fingerprint density at radius 3 is 2.76 bits per heavy atom. The summed E-state index contributed by atoms with van der Waals surface area (Å²) >= 11 is 0. The Balaban J connectivity index is 1.92. The number of sulfone groups is 1. The minimum atomic E-state index is -3.16. The number of hydrogen-bond acceptors (Lipinski definition) is 4. The van der Waals surface area contributed by atoms with Gasteiger partial charge in [0.05, 0.1) is 5.25 Å². The second-order valence-corrected chi connectivity index (χ2v) is 7.88. The zero-order chi connectivity index (χ0) is 15.0. The molecule has 2 atom stereocenters. The second kappa shape index (κ2) is 5.14. The average molecular weight is 307 g/mol. The Labute approximate surface area is 122 Å². The summed E-state index contributed by atoms with van der Waals surface area (Å²) in [5.74, 6) is 0.732. The lowest BCUT2D eigenvalue weighted by atomic mass is 9.82. The molecule has 0 saturated heterocycles. The van der Waals surface area contributed by atoms with Gasteiger partial charge in [0.25, 0.3) is 0 Å². The van der Waals surface area contributed by atoms with Crippen molar-refractivity contribution in [2.75, 3.05) is 6.26 Å². The number of fused-ring (bicyclic) bond motifs is 1. The minimum Gasteiger partial charge on any atom is -0.293 e. The normalized spacial score (nSPS) is 22.0. The average Bonchev–Trinajstić information content (AvgIpc) is 2.82. The van der Waals surface area contributed by atoms with Gasteiger partial charge in [-0.3, -0.25) is 4.98 Å². The second-order valence-electron chi connectivity index (χ2n) is 5.65. The minimum absolute atomic E-state index is 0.151. The van der Waals surface area contributed by atoms with Gasteiger partial charge in [0.15, 0.2) is 9.84 Å². The van der Waals surface area contributed by atoms with Crippen LogP contribution in [0.3, 0.4) is 0 Å². The molecule has 112 valence electrons. The third kappa shape index (κ3) is 2.92. The van der Waals surface area contributed by atoms with Crippen molar-refractivity contribution in [3.8, 4) is 0 Å². The van der Waals surface area contributed by atoms with E-state index in [-0.39, 0.29) is 11.6 Å². The van der Waals surface area contributed by atoms with Gasteiger partial charge in [-0.25, -0.2) is 18.3 Å². The van der Waals surface area contributed by atoms with E-state index < -0.39 is 15.1 Å². The maximum absolute atomic E-state index is 12.1. The number of H-pyrrole nitrogens is 2. The zero-order valence-electron chi connectivity index (χ0n) is 11.7. The van der Waals surface area contributed by atoms with E-state index >= 15 is 0 Å². The predicted molar refractivity (Wildman–Crippen MR) is 78.8 cm³/mol. The van der Waals surface area contributed by atoms with E-state index in [9.17, 15) is 13.2 Å². The summed E-state index contributed by atoms with van der Waals surface area (Å²) in [7, 11) is -3.16. The fraction of sp³-hybridized carbons (Fsp3) is 0.429. The molecule has 2 N–H and O–H groups in total. The molecule has 1 aliphatic rings. The van der Waals surface area contributed by atoms with Crippen molar-refractivity contribution in [2.24, 2.45) is 5.92 Å². The van der Waals surface area contributed by atoms with Crippen LogP contribution in [0, 0.1) is 5.92 Å². The summed E-state index contributed by atoms with van der Waals surface area (Å²) in [6.45, 7) is 0. The first-order chi connectivity index (χ1) is 9.93. The molecule has 0 amide bonds. The molecule has 2 aromatic rings. The first kappa shape index (κ1) is 14.1. The number of hydrogen-bond donors (Lipinski definition) is 2. The highest BCUT2D eigenvalue weighted by atomic mass is 32.2. The first-order valence-electron chi connectivity index (χ1n) is 6.83. The molecule has 0 aliphatic heterocycles. The Morgan fingerprint density at radius 1 is 1.33 bits per heavy atom. The Kier molecular flexibility index (Phi) is 3.44. The lowest BCUT2D eigenvalue weighted by molar-refractivity contribution is 0.430. The van der Waals surface area contributed by atoms with Gasteiger partial charge in [0.2, 0.25) is 0 Å². The lowest BCUT2D eigenvalue weighted by Gasteiger charge is -2.30. The summed E-state index contributed by atoms with van der Waals surface area (Å²) in [6.07, 6.45) is 3.22. The van der Waals surface area contributed by atoms with Crippen molar-refractivity contribution in [2.45, 2.75) is 24.5 Å². The molecule has 0 spiro atoms. The first-order valence-corrected chi connectivity index (χ1v) is 8.79. The molecule has 21 heavy (non-hydrogen) atoms. The van der Waals surface area contributed by atoms with E-state index in [1.165, 1.54) is 6.26 Å². The fourth-order valence-electron chi connectivity index (χ4n) is 3.09. The predicted octanol–water partition coefficient (Wildman–Crippen LogP) is 0.989. The summed E-state index contributed by atoms with van der Waals surface area (Å²) < 4.78 is 24.1. The van der Waals surface area contributed by atoms with Gasteiger partial charge in [-0.15, -0.1) is 0 Å². The van der Waals surface area contributed by atoms with Crippen molar-refractivity contribution < 1.29 is 8.42 Å². The van der Waals surface area contributed by atoms with Gasteiger partial charge in [0, 0.05) is 12.7 Å². The van der Waals surface area contributed by atoms with Gasteiger partial charge in [-0.05, 0) is 29.9 Å². The van der Waals surface area contributed by atoms with Crippen molar-refractivity contribution in [3.05, 3.63) is 51.7 Å². The lowest BCUT2D eigenvalue weighted by Crippen LogP contribution is -2.25. The third-order valence-corrected chi connectivity index (χ3v) is 5.49. The smallest absolute Gasteiger partial charge is 0.293 e. The van der Waals surface area contributed by atoms with Gasteiger partial charge in [-0.1, -0.05) is 24.3 Å². The van der Waals surface area contributed by atoms with Crippen LogP contribution < -0.4 is 5.69 Å². The number of nitrogens with zero attached hydrogens (tertiary/aromatic N) is 1. The van der Waals surface area contributed by atoms with Crippen LogP contribution in [-0.2, 0) is 22.7 Å². The van der Waals surface area contributed by atoms with Crippen LogP contribution in [-0.4, -0.2) is 29.9 Å². The zero-order valence-corrected chi connectivity index (χ0v) is 12.5. The molecule has 1 heterocycles. The molecule has 0 bridgehead atoms. The highest BCUT2D eigenvalue weighted by molar-refractivity contribution is 7.90. The monoisotopic (exact) mass is 307 g/mol. The molecule has 1 aromatic carbocycles.